The van der Waals surface area contributed by atoms with Crippen LogP contribution in [0.15, 0.2) is 0 Å². The summed E-state index contributed by atoms with van der Waals surface area (Å²) in [5.41, 5.74) is 0. The highest BCUT2D eigenvalue weighted by Gasteiger charge is 2.19. The van der Waals surface area contributed by atoms with Gasteiger partial charge in [0.15, 0.2) is 6.29 Å². The summed E-state index contributed by atoms with van der Waals surface area (Å²) in [6.45, 7) is 6.55. The molecule has 2 unspecified atom stereocenters. The first-order valence-corrected chi connectivity index (χ1v) is 12.4. The molecule has 0 spiro atoms. The molecule has 0 rings (SSSR count). The van der Waals surface area contributed by atoms with Crippen molar-refractivity contribution in [1.29, 1.82) is 0 Å². The van der Waals surface area contributed by atoms with Crippen molar-refractivity contribution in [3.05, 3.63) is 0 Å². The minimum atomic E-state index is -4.50. The molecule has 0 aromatic carbocycles. The van der Waals surface area contributed by atoms with Gasteiger partial charge in [-0.2, -0.15) is 0 Å². The Kier molecular flexibility index (Phi) is 18.1. The van der Waals surface area contributed by atoms with E-state index in [1.165, 1.54) is 71.1 Å². The predicted octanol–water partition coefficient (Wildman–Crippen LogP) is 5.95. The molecule has 0 saturated carbocycles. The Morgan fingerprint density at radius 2 is 1.26 bits per heavy atom. The number of unbranched alkanes of at least 4 members (excludes halogenated alkanes) is 9. The third-order valence-electron chi connectivity index (χ3n) is 4.57. The molecule has 2 N–H and O–H groups in total. The van der Waals surface area contributed by atoms with E-state index in [-0.39, 0.29) is 12.7 Å². The summed E-state index contributed by atoms with van der Waals surface area (Å²) in [6.07, 6.45) is 15.8. The Hall–Kier alpha value is 0.0300. The van der Waals surface area contributed by atoms with Crippen LogP contribution in [-0.2, 0) is 18.6 Å². The van der Waals surface area contributed by atoms with Crippen LogP contribution in [0.2, 0.25) is 0 Å². The molecule has 27 heavy (non-hydrogen) atoms. The first kappa shape index (κ1) is 27.0. The second-order valence-electron chi connectivity index (χ2n) is 7.29. The van der Waals surface area contributed by atoms with Gasteiger partial charge in [-0.05, 0) is 19.8 Å². The quantitative estimate of drug-likeness (QED) is 0.146. The van der Waals surface area contributed by atoms with Crippen LogP contribution in [0, 0.1) is 0 Å². The Bertz CT molecular complexity index is 360. The number of hydrogen-bond acceptors (Lipinski definition) is 4. The van der Waals surface area contributed by atoms with E-state index in [0.29, 0.717) is 6.61 Å². The molecular weight excluding hydrogens is 367 g/mol. The zero-order valence-corrected chi connectivity index (χ0v) is 18.6. The van der Waals surface area contributed by atoms with Gasteiger partial charge in [-0.3, -0.25) is 4.52 Å². The summed E-state index contributed by atoms with van der Waals surface area (Å²) in [5.74, 6) is 0. The van der Waals surface area contributed by atoms with Crippen LogP contribution >= 0.6 is 7.82 Å². The molecule has 0 aromatic heterocycles. The van der Waals surface area contributed by atoms with Crippen molar-refractivity contribution in [1.82, 2.24) is 0 Å². The summed E-state index contributed by atoms with van der Waals surface area (Å²) in [7, 11) is -4.50. The minimum Gasteiger partial charge on any atom is -0.376 e. The second-order valence-corrected chi connectivity index (χ2v) is 8.48. The van der Waals surface area contributed by atoms with Gasteiger partial charge in [-0.15, -0.1) is 0 Å². The van der Waals surface area contributed by atoms with E-state index >= 15 is 0 Å². The van der Waals surface area contributed by atoms with Crippen molar-refractivity contribution < 1.29 is 28.3 Å². The van der Waals surface area contributed by atoms with Gasteiger partial charge in [-0.25, -0.2) is 4.57 Å². The highest BCUT2D eigenvalue weighted by molar-refractivity contribution is 7.46. The van der Waals surface area contributed by atoms with E-state index in [1.807, 2.05) is 0 Å². The zero-order valence-electron chi connectivity index (χ0n) is 17.7. The summed E-state index contributed by atoms with van der Waals surface area (Å²) < 4.78 is 26.2. The number of hydrogen-bond donors (Lipinski definition) is 2. The molecular formula is C20H43O6P. The molecule has 0 aromatic rings. The second kappa shape index (κ2) is 18.1. The monoisotopic (exact) mass is 410 g/mol. The molecule has 6 nitrogen and oxygen atoms in total. The average molecular weight is 411 g/mol. The molecule has 2 atom stereocenters. The Morgan fingerprint density at radius 3 is 1.78 bits per heavy atom. The summed E-state index contributed by atoms with van der Waals surface area (Å²) in [5, 5.41) is 0. The fraction of sp³-hybridized carbons (Fsp3) is 1.00. The van der Waals surface area contributed by atoms with Crippen molar-refractivity contribution in [2.75, 3.05) is 13.2 Å². The van der Waals surface area contributed by atoms with Crippen molar-refractivity contribution in [3.8, 4) is 0 Å². The SMILES string of the molecule is CCCCCCCCCCCCC(CCC)OCCOC(C)OP(=O)(O)O. The molecule has 0 bridgehead atoms. The lowest BCUT2D eigenvalue weighted by Crippen LogP contribution is -2.19. The maximum Gasteiger partial charge on any atom is 0.471 e. The molecule has 0 aliphatic rings. The standard InChI is InChI=1S/C20H43O6P/c1-4-6-7-8-9-10-11-12-13-14-16-20(15-5-2)25-18-17-24-19(3)26-27(21,22)23/h19-20H,4-18H2,1-3H3,(H2,21,22,23). The van der Waals surface area contributed by atoms with E-state index in [1.54, 1.807) is 0 Å². The lowest BCUT2D eigenvalue weighted by Gasteiger charge is -2.19. The number of rotatable bonds is 20. The van der Waals surface area contributed by atoms with Crippen molar-refractivity contribution >= 4 is 7.82 Å². The van der Waals surface area contributed by atoms with Gasteiger partial charge in [0, 0.05) is 0 Å². The molecule has 164 valence electrons. The molecule has 0 radical (unpaired) electrons. The molecule has 0 fully saturated rings. The van der Waals surface area contributed by atoms with Crippen LogP contribution in [0.5, 0.6) is 0 Å². The van der Waals surface area contributed by atoms with Gasteiger partial charge in [0.25, 0.3) is 0 Å². The van der Waals surface area contributed by atoms with E-state index in [0.717, 1.165) is 19.3 Å². The lowest BCUT2D eigenvalue weighted by molar-refractivity contribution is -0.102. The van der Waals surface area contributed by atoms with Crippen molar-refractivity contribution in [2.24, 2.45) is 0 Å². The largest absolute Gasteiger partial charge is 0.471 e. The highest BCUT2D eigenvalue weighted by Crippen LogP contribution is 2.37. The Morgan fingerprint density at radius 1 is 0.741 bits per heavy atom. The third kappa shape index (κ3) is 20.6. The van der Waals surface area contributed by atoms with Crippen LogP contribution in [0.4, 0.5) is 0 Å². The smallest absolute Gasteiger partial charge is 0.376 e. The van der Waals surface area contributed by atoms with Gasteiger partial charge in [0.1, 0.15) is 0 Å². The normalized spacial score (nSPS) is 14.4. The molecule has 0 aliphatic heterocycles. The van der Waals surface area contributed by atoms with E-state index < -0.39 is 14.1 Å². The van der Waals surface area contributed by atoms with E-state index in [9.17, 15) is 4.57 Å². The van der Waals surface area contributed by atoms with Crippen LogP contribution in [-0.4, -0.2) is 35.4 Å². The minimum absolute atomic E-state index is 0.241. The first-order chi connectivity index (χ1) is 12.9. The van der Waals surface area contributed by atoms with Crippen molar-refractivity contribution in [3.63, 3.8) is 0 Å². The van der Waals surface area contributed by atoms with Crippen LogP contribution < -0.4 is 0 Å². The molecule has 0 saturated heterocycles. The Labute approximate surface area is 166 Å². The van der Waals surface area contributed by atoms with E-state index in [2.05, 4.69) is 18.4 Å². The number of ether oxygens (including phenoxy) is 2. The highest BCUT2D eigenvalue weighted by atomic mass is 31.2. The van der Waals surface area contributed by atoms with Crippen LogP contribution in [0.1, 0.15) is 104 Å². The fourth-order valence-electron chi connectivity index (χ4n) is 3.15. The zero-order chi connectivity index (χ0) is 20.4. The summed E-state index contributed by atoms with van der Waals surface area (Å²) >= 11 is 0. The molecule has 0 heterocycles. The van der Waals surface area contributed by atoms with Crippen molar-refractivity contribution in [2.45, 2.75) is 117 Å². The molecule has 7 heteroatoms. The van der Waals surface area contributed by atoms with Gasteiger partial charge < -0.3 is 19.3 Å². The fourth-order valence-corrected chi connectivity index (χ4v) is 3.59. The average Bonchev–Trinajstić information content (AvgIpc) is 2.58. The van der Waals surface area contributed by atoms with Gasteiger partial charge in [0.2, 0.25) is 0 Å². The number of phosphoric ester groups is 1. The first-order valence-electron chi connectivity index (χ1n) is 10.9. The number of phosphoric acid groups is 1. The lowest BCUT2D eigenvalue weighted by atomic mass is 10.0. The topological polar surface area (TPSA) is 85.2 Å². The maximum absolute atomic E-state index is 10.7. The van der Waals surface area contributed by atoms with Crippen LogP contribution in [0.25, 0.3) is 0 Å². The van der Waals surface area contributed by atoms with E-state index in [4.69, 9.17) is 19.3 Å². The van der Waals surface area contributed by atoms with Gasteiger partial charge in [-0.1, -0.05) is 84.5 Å². The van der Waals surface area contributed by atoms with Gasteiger partial charge in [0.05, 0.1) is 19.3 Å². The maximum atomic E-state index is 10.7. The van der Waals surface area contributed by atoms with Crippen LogP contribution in [0.3, 0.4) is 0 Å². The third-order valence-corrected chi connectivity index (χ3v) is 5.14. The summed E-state index contributed by atoms with van der Waals surface area (Å²) in [4.78, 5) is 17.4. The molecule has 0 aliphatic carbocycles. The Balaban J connectivity index is 3.63. The molecule has 0 amide bonds. The predicted molar refractivity (Wildman–Crippen MR) is 110 cm³/mol. The van der Waals surface area contributed by atoms with Gasteiger partial charge >= 0.3 is 7.82 Å². The summed E-state index contributed by atoms with van der Waals surface area (Å²) in [6, 6.07) is 0.